The normalized spacial score (nSPS) is 13.6. The standard InChI is InChI=1S/C16H13N3O/c17-10-12-3-1-2-4-14(12)15-9-11(7-8-18-15)16(20)19-13-5-6-13/h1-4,7-9,13H,5-6H2,(H,19,20). The molecule has 4 heteroatoms. The number of nitrogens with zero attached hydrogens (tertiary/aromatic N) is 2. The molecular weight excluding hydrogens is 250 g/mol. The Morgan fingerprint density at radius 3 is 2.85 bits per heavy atom. The van der Waals surface area contributed by atoms with Crippen LogP contribution in [0, 0.1) is 11.3 Å². The van der Waals surface area contributed by atoms with E-state index in [1.807, 2.05) is 18.2 Å². The van der Waals surface area contributed by atoms with Gasteiger partial charge in [0.1, 0.15) is 0 Å². The van der Waals surface area contributed by atoms with Crippen molar-refractivity contribution in [1.82, 2.24) is 10.3 Å². The fourth-order valence-corrected chi connectivity index (χ4v) is 2.02. The zero-order chi connectivity index (χ0) is 13.9. The van der Waals surface area contributed by atoms with Crippen LogP contribution in [0.2, 0.25) is 0 Å². The van der Waals surface area contributed by atoms with E-state index >= 15 is 0 Å². The Kier molecular flexibility index (Phi) is 3.18. The van der Waals surface area contributed by atoms with Gasteiger partial charge in [-0.05, 0) is 31.0 Å². The lowest BCUT2D eigenvalue weighted by Crippen LogP contribution is -2.25. The summed E-state index contributed by atoms with van der Waals surface area (Å²) in [6.07, 6.45) is 3.72. The molecule has 1 aromatic heterocycles. The van der Waals surface area contributed by atoms with Crippen molar-refractivity contribution in [3.63, 3.8) is 0 Å². The summed E-state index contributed by atoms with van der Waals surface area (Å²) in [7, 11) is 0. The predicted octanol–water partition coefficient (Wildman–Crippen LogP) is 2.51. The van der Waals surface area contributed by atoms with Gasteiger partial charge in [0.2, 0.25) is 0 Å². The molecule has 0 atom stereocenters. The number of carbonyl (C=O) groups is 1. The largest absolute Gasteiger partial charge is 0.349 e. The van der Waals surface area contributed by atoms with Gasteiger partial charge in [-0.3, -0.25) is 9.78 Å². The molecule has 0 saturated heterocycles. The third-order valence-electron chi connectivity index (χ3n) is 3.26. The molecule has 4 nitrogen and oxygen atoms in total. The monoisotopic (exact) mass is 263 g/mol. The van der Waals surface area contributed by atoms with Crippen molar-refractivity contribution in [3.05, 3.63) is 53.7 Å². The lowest BCUT2D eigenvalue weighted by atomic mass is 10.0. The van der Waals surface area contributed by atoms with Gasteiger partial charge in [-0.15, -0.1) is 0 Å². The summed E-state index contributed by atoms with van der Waals surface area (Å²) < 4.78 is 0. The topological polar surface area (TPSA) is 65.8 Å². The van der Waals surface area contributed by atoms with E-state index < -0.39 is 0 Å². The second-order valence-electron chi connectivity index (χ2n) is 4.83. The van der Waals surface area contributed by atoms with Crippen molar-refractivity contribution in [2.45, 2.75) is 18.9 Å². The van der Waals surface area contributed by atoms with E-state index in [1.54, 1.807) is 24.4 Å². The van der Waals surface area contributed by atoms with Crippen LogP contribution < -0.4 is 5.32 Å². The third-order valence-corrected chi connectivity index (χ3v) is 3.26. The Balaban J connectivity index is 1.94. The summed E-state index contributed by atoms with van der Waals surface area (Å²) in [5.74, 6) is -0.0782. The van der Waals surface area contributed by atoms with Crippen molar-refractivity contribution in [2.75, 3.05) is 0 Å². The second-order valence-corrected chi connectivity index (χ2v) is 4.83. The average Bonchev–Trinajstić information content (AvgIpc) is 3.31. The summed E-state index contributed by atoms with van der Waals surface area (Å²) in [5, 5.41) is 12.1. The number of hydrogen-bond donors (Lipinski definition) is 1. The van der Waals surface area contributed by atoms with Gasteiger partial charge < -0.3 is 5.32 Å². The number of hydrogen-bond acceptors (Lipinski definition) is 3. The van der Waals surface area contributed by atoms with Gasteiger partial charge in [0.15, 0.2) is 0 Å². The molecule has 0 unspecified atom stereocenters. The van der Waals surface area contributed by atoms with Gasteiger partial charge in [0.25, 0.3) is 5.91 Å². The van der Waals surface area contributed by atoms with Gasteiger partial charge in [-0.1, -0.05) is 18.2 Å². The van der Waals surface area contributed by atoms with Crippen LogP contribution in [0.5, 0.6) is 0 Å². The number of rotatable bonds is 3. The highest BCUT2D eigenvalue weighted by Gasteiger charge is 2.24. The van der Waals surface area contributed by atoms with Crippen molar-refractivity contribution < 1.29 is 4.79 Å². The van der Waals surface area contributed by atoms with Gasteiger partial charge in [0.05, 0.1) is 17.3 Å². The van der Waals surface area contributed by atoms with Crippen LogP contribution >= 0.6 is 0 Å². The van der Waals surface area contributed by atoms with Gasteiger partial charge in [0, 0.05) is 23.4 Å². The van der Waals surface area contributed by atoms with Crippen LogP contribution in [0.4, 0.5) is 0 Å². The summed E-state index contributed by atoms with van der Waals surface area (Å²) >= 11 is 0. The fraction of sp³-hybridized carbons (Fsp3) is 0.188. The van der Waals surface area contributed by atoms with Crippen LogP contribution in [0.3, 0.4) is 0 Å². The maximum absolute atomic E-state index is 12.0. The van der Waals surface area contributed by atoms with E-state index in [9.17, 15) is 4.79 Å². The zero-order valence-electron chi connectivity index (χ0n) is 10.8. The zero-order valence-corrected chi connectivity index (χ0v) is 10.8. The van der Waals surface area contributed by atoms with Crippen molar-refractivity contribution in [2.24, 2.45) is 0 Å². The van der Waals surface area contributed by atoms with Crippen LogP contribution in [0.15, 0.2) is 42.6 Å². The molecule has 1 amide bonds. The van der Waals surface area contributed by atoms with Crippen LogP contribution in [0.25, 0.3) is 11.3 Å². The Labute approximate surface area is 117 Å². The summed E-state index contributed by atoms with van der Waals surface area (Å²) in [6.45, 7) is 0. The van der Waals surface area contributed by atoms with Crippen LogP contribution in [-0.2, 0) is 0 Å². The molecule has 0 spiro atoms. The lowest BCUT2D eigenvalue weighted by molar-refractivity contribution is 0.0951. The Hall–Kier alpha value is -2.67. The van der Waals surface area contributed by atoms with Gasteiger partial charge in [-0.2, -0.15) is 5.26 Å². The molecule has 0 aliphatic heterocycles. The quantitative estimate of drug-likeness (QED) is 0.925. The van der Waals surface area contributed by atoms with E-state index in [2.05, 4.69) is 16.4 Å². The van der Waals surface area contributed by atoms with Crippen LogP contribution in [-0.4, -0.2) is 16.9 Å². The minimum Gasteiger partial charge on any atom is -0.349 e. The van der Waals surface area contributed by atoms with E-state index in [1.165, 1.54) is 0 Å². The smallest absolute Gasteiger partial charge is 0.251 e. The maximum Gasteiger partial charge on any atom is 0.251 e. The van der Waals surface area contributed by atoms with Crippen molar-refractivity contribution in [1.29, 1.82) is 5.26 Å². The SMILES string of the molecule is N#Cc1ccccc1-c1cc(C(=O)NC2CC2)ccn1. The lowest BCUT2D eigenvalue weighted by Gasteiger charge is -2.06. The third kappa shape index (κ3) is 2.52. The molecule has 2 aromatic rings. The first kappa shape index (κ1) is 12.4. The molecule has 1 aliphatic carbocycles. The molecule has 20 heavy (non-hydrogen) atoms. The summed E-state index contributed by atoms with van der Waals surface area (Å²) in [6, 6.07) is 13.1. The summed E-state index contributed by atoms with van der Waals surface area (Å²) in [4.78, 5) is 16.3. The Bertz CT molecular complexity index is 699. The number of nitrogens with one attached hydrogen (secondary N) is 1. The molecule has 1 heterocycles. The highest BCUT2D eigenvalue weighted by molar-refractivity contribution is 5.95. The first-order valence-electron chi connectivity index (χ1n) is 6.54. The maximum atomic E-state index is 12.0. The average molecular weight is 263 g/mol. The molecule has 1 N–H and O–H groups in total. The molecule has 3 rings (SSSR count). The van der Waals surface area contributed by atoms with Gasteiger partial charge in [-0.25, -0.2) is 0 Å². The number of amides is 1. The molecule has 1 fully saturated rings. The molecule has 1 aromatic carbocycles. The predicted molar refractivity (Wildman–Crippen MR) is 74.9 cm³/mol. The van der Waals surface area contributed by atoms with E-state index in [0.717, 1.165) is 18.4 Å². The van der Waals surface area contributed by atoms with Crippen molar-refractivity contribution in [3.8, 4) is 17.3 Å². The van der Waals surface area contributed by atoms with Crippen molar-refractivity contribution >= 4 is 5.91 Å². The molecule has 1 aliphatic rings. The first-order chi connectivity index (χ1) is 9.78. The number of nitriles is 1. The van der Waals surface area contributed by atoms with E-state index in [0.29, 0.717) is 22.9 Å². The highest BCUT2D eigenvalue weighted by Crippen LogP contribution is 2.23. The summed E-state index contributed by atoms with van der Waals surface area (Å²) in [5.41, 5.74) is 2.52. The molecule has 0 bridgehead atoms. The molecule has 1 saturated carbocycles. The molecule has 0 radical (unpaired) electrons. The fourth-order valence-electron chi connectivity index (χ4n) is 2.02. The Morgan fingerprint density at radius 1 is 1.30 bits per heavy atom. The first-order valence-corrected chi connectivity index (χ1v) is 6.54. The number of benzene rings is 1. The highest BCUT2D eigenvalue weighted by atomic mass is 16.1. The molecular formula is C16H13N3O. The van der Waals surface area contributed by atoms with E-state index in [-0.39, 0.29) is 5.91 Å². The number of carbonyl (C=O) groups excluding carboxylic acids is 1. The minimum atomic E-state index is -0.0782. The Morgan fingerprint density at radius 2 is 2.10 bits per heavy atom. The van der Waals surface area contributed by atoms with Gasteiger partial charge >= 0.3 is 0 Å². The van der Waals surface area contributed by atoms with Crippen LogP contribution in [0.1, 0.15) is 28.8 Å². The minimum absolute atomic E-state index is 0.0782. The second kappa shape index (κ2) is 5.14. The molecule has 98 valence electrons. The number of pyridine rings is 1. The number of aromatic nitrogens is 1. The van der Waals surface area contributed by atoms with E-state index in [4.69, 9.17) is 5.26 Å².